The number of rotatable bonds is 2. The van der Waals surface area contributed by atoms with Crippen LogP contribution in [0.1, 0.15) is 6.92 Å². The number of carbonyl (C=O) groups excluding carboxylic acids is 2. The molecule has 10 heavy (non-hydrogen) atoms. The van der Waals surface area contributed by atoms with E-state index in [4.69, 9.17) is 5.73 Å². The van der Waals surface area contributed by atoms with E-state index in [-0.39, 0.29) is 0 Å². The first kappa shape index (κ1) is 9.10. The Labute approximate surface area is 60.0 Å². The summed E-state index contributed by atoms with van der Waals surface area (Å²) in [5.74, 6) is -1.10. The zero-order valence-electron chi connectivity index (χ0n) is 6.42. The van der Waals surface area contributed by atoms with Gasteiger partial charge in [-0.15, -0.1) is 0 Å². The Hall–Kier alpha value is -0.900. The number of likely N-dealkylation sites (N-methyl/N-ethyl adjacent to an activating group) is 1. The van der Waals surface area contributed by atoms with Crippen LogP contribution in [0.25, 0.3) is 0 Å². The van der Waals surface area contributed by atoms with Crippen molar-refractivity contribution >= 4 is 11.7 Å². The first-order chi connectivity index (χ1) is 4.46. The molecule has 4 heteroatoms. The van der Waals surface area contributed by atoms with Crippen molar-refractivity contribution in [2.75, 3.05) is 14.1 Å². The van der Waals surface area contributed by atoms with Gasteiger partial charge in [-0.3, -0.25) is 9.59 Å². The summed E-state index contributed by atoms with van der Waals surface area (Å²) in [7, 11) is 3.03. The van der Waals surface area contributed by atoms with Crippen molar-refractivity contribution in [3.63, 3.8) is 0 Å². The molecule has 1 atom stereocenters. The standard InChI is InChI=1S/C6H12N2O2/c1-4(7)5(9)6(10)8(2)3/h4H,7H2,1-3H3/t4-/m0/s1. The van der Waals surface area contributed by atoms with Crippen LogP contribution >= 0.6 is 0 Å². The summed E-state index contributed by atoms with van der Waals surface area (Å²) in [5, 5.41) is 0. The zero-order valence-corrected chi connectivity index (χ0v) is 6.42. The molecule has 0 aromatic rings. The second-order valence-corrected chi connectivity index (χ2v) is 2.35. The summed E-state index contributed by atoms with van der Waals surface area (Å²) in [6, 6.07) is -0.699. The van der Waals surface area contributed by atoms with Gasteiger partial charge in [0.1, 0.15) is 0 Å². The molecule has 0 aliphatic heterocycles. The molecule has 0 aliphatic rings. The lowest BCUT2D eigenvalue weighted by molar-refractivity contribution is -0.143. The molecule has 58 valence electrons. The molecule has 0 saturated heterocycles. The third-order valence-electron chi connectivity index (χ3n) is 1.03. The number of Topliss-reactive ketones (excluding diaryl/α,β-unsaturated/α-hetero) is 1. The lowest BCUT2D eigenvalue weighted by atomic mass is 10.2. The molecule has 0 fully saturated rings. The van der Waals surface area contributed by atoms with Gasteiger partial charge in [0.05, 0.1) is 6.04 Å². The van der Waals surface area contributed by atoms with Gasteiger partial charge in [0.25, 0.3) is 5.91 Å². The molecule has 0 saturated carbocycles. The van der Waals surface area contributed by atoms with E-state index in [1.54, 1.807) is 0 Å². The third kappa shape index (κ3) is 2.14. The molecular formula is C6H12N2O2. The van der Waals surface area contributed by atoms with E-state index in [0.29, 0.717) is 0 Å². The van der Waals surface area contributed by atoms with Crippen molar-refractivity contribution in [1.82, 2.24) is 4.90 Å². The predicted molar refractivity (Wildman–Crippen MR) is 37.4 cm³/mol. The van der Waals surface area contributed by atoms with Crippen LogP contribution in [-0.2, 0) is 9.59 Å². The van der Waals surface area contributed by atoms with Gasteiger partial charge in [-0.05, 0) is 6.92 Å². The van der Waals surface area contributed by atoms with E-state index in [1.165, 1.54) is 25.9 Å². The minimum Gasteiger partial charge on any atom is -0.342 e. The smallest absolute Gasteiger partial charge is 0.291 e. The highest BCUT2D eigenvalue weighted by Crippen LogP contribution is 1.85. The summed E-state index contributed by atoms with van der Waals surface area (Å²) >= 11 is 0. The van der Waals surface area contributed by atoms with Crippen LogP contribution in [0.5, 0.6) is 0 Å². The molecule has 0 bridgehead atoms. The number of nitrogens with two attached hydrogens (primary N) is 1. The predicted octanol–water partition coefficient (Wildman–Crippen LogP) is -1.01. The second-order valence-electron chi connectivity index (χ2n) is 2.35. The molecule has 0 unspecified atom stereocenters. The van der Waals surface area contributed by atoms with Gasteiger partial charge in [0.2, 0.25) is 5.78 Å². The zero-order chi connectivity index (χ0) is 8.31. The van der Waals surface area contributed by atoms with E-state index in [1.807, 2.05) is 0 Å². The molecular weight excluding hydrogens is 132 g/mol. The summed E-state index contributed by atoms with van der Waals surface area (Å²) < 4.78 is 0. The van der Waals surface area contributed by atoms with Crippen LogP contribution in [0.4, 0.5) is 0 Å². The molecule has 0 radical (unpaired) electrons. The van der Waals surface area contributed by atoms with Crippen LogP contribution in [-0.4, -0.2) is 36.7 Å². The topological polar surface area (TPSA) is 63.4 Å². The Morgan fingerprint density at radius 1 is 1.40 bits per heavy atom. The Balaban J connectivity index is 4.10. The van der Waals surface area contributed by atoms with Crippen molar-refractivity contribution in [1.29, 1.82) is 0 Å². The SMILES string of the molecule is C[C@H](N)C(=O)C(=O)N(C)C. The quantitative estimate of drug-likeness (QED) is 0.505. The normalized spacial score (nSPS) is 12.4. The Bertz CT molecular complexity index is 134. The second kappa shape index (κ2) is 3.31. The van der Waals surface area contributed by atoms with Gasteiger partial charge in [0.15, 0.2) is 0 Å². The molecule has 0 aliphatic carbocycles. The molecule has 2 N–H and O–H groups in total. The van der Waals surface area contributed by atoms with Crippen molar-refractivity contribution in [2.45, 2.75) is 13.0 Å². The van der Waals surface area contributed by atoms with Crippen molar-refractivity contribution in [3.05, 3.63) is 0 Å². The van der Waals surface area contributed by atoms with E-state index in [2.05, 4.69) is 0 Å². The molecule has 1 amide bonds. The van der Waals surface area contributed by atoms with Crippen LogP contribution in [0.15, 0.2) is 0 Å². The summed E-state index contributed by atoms with van der Waals surface area (Å²) in [4.78, 5) is 22.8. The maximum atomic E-state index is 10.8. The van der Waals surface area contributed by atoms with Gasteiger partial charge < -0.3 is 10.6 Å². The summed E-state index contributed by atoms with van der Waals surface area (Å²) in [5.41, 5.74) is 5.18. The highest BCUT2D eigenvalue weighted by atomic mass is 16.2. The fourth-order valence-electron chi connectivity index (χ4n) is 0.415. The van der Waals surface area contributed by atoms with Crippen LogP contribution in [0.2, 0.25) is 0 Å². The third-order valence-corrected chi connectivity index (χ3v) is 1.03. The maximum absolute atomic E-state index is 10.8. The molecule has 0 spiro atoms. The van der Waals surface area contributed by atoms with Crippen LogP contribution in [0, 0.1) is 0 Å². The van der Waals surface area contributed by atoms with Crippen LogP contribution < -0.4 is 5.73 Å². The number of ketones is 1. The van der Waals surface area contributed by atoms with Gasteiger partial charge in [-0.1, -0.05) is 0 Å². The van der Waals surface area contributed by atoms with Gasteiger partial charge >= 0.3 is 0 Å². The minimum absolute atomic E-state index is 0.546. The fourth-order valence-corrected chi connectivity index (χ4v) is 0.415. The number of carbonyl (C=O) groups is 2. The van der Waals surface area contributed by atoms with E-state index in [9.17, 15) is 9.59 Å². The average molecular weight is 144 g/mol. The number of hydrogen-bond acceptors (Lipinski definition) is 3. The highest BCUT2D eigenvalue weighted by Gasteiger charge is 2.18. The average Bonchev–Trinajstić information content (AvgIpc) is 1.84. The number of hydrogen-bond donors (Lipinski definition) is 1. The molecule has 0 heterocycles. The van der Waals surface area contributed by atoms with E-state index < -0.39 is 17.7 Å². The van der Waals surface area contributed by atoms with Crippen molar-refractivity contribution < 1.29 is 9.59 Å². The molecule has 4 nitrogen and oxygen atoms in total. The van der Waals surface area contributed by atoms with Crippen molar-refractivity contribution in [3.8, 4) is 0 Å². The summed E-state index contributed by atoms with van der Waals surface area (Å²) in [6.07, 6.45) is 0. The first-order valence-corrected chi connectivity index (χ1v) is 2.98. The summed E-state index contributed by atoms with van der Waals surface area (Å²) in [6.45, 7) is 1.49. The van der Waals surface area contributed by atoms with Crippen molar-refractivity contribution in [2.24, 2.45) is 5.73 Å². The van der Waals surface area contributed by atoms with Gasteiger partial charge in [-0.2, -0.15) is 0 Å². The van der Waals surface area contributed by atoms with Gasteiger partial charge in [0, 0.05) is 14.1 Å². The largest absolute Gasteiger partial charge is 0.342 e. The lowest BCUT2D eigenvalue weighted by Gasteiger charge is -2.09. The Kier molecular flexibility index (Phi) is 3.02. The molecule has 0 rings (SSSR count). The number of amides is 1. The van der Waals surface area contributed by atoms with Gasteiger partial charge in [-0.25, -0.2) is 0 Å². The fraction of sp³-hybridized carbons (Fsp3) is 0.667. The highest BCUT2D eigenvalue weighted by molar-refractivity contribution is 6.37. The van der Waals surface area contributed by atoms with Crippen LogP contribution in [0.3, 0.4) is 0 Å². The maximum Gasteiger partial charge on any atom is 0.291 e. The minimum atomic E-state index is -0.699. The monoisotopic (exact) mass is 144 g/mol. The van der Waals surface area contributed by atoms with E-state index >= 15 is 0 Å². The molecule has 0 aromatic carbocycles. The first-order valence-electron chi connectivity index (χ1n) is 2.98. The van der Waals surface area contributed by atoms with E-state index in [0.717, 1.165) is 0 Å². The number of nitrogens with zero attached hydrogens (tertiary/aromatic N) is 1. The Morgan fingerprint density at radius 3 is 1.90 bits per heavy atom. The Morgan fingerprint density at radius 2 is 1.80 bits per heavy atom. The molecule has 0 aromatic heterocycles. The lowest BCUT2D eigenvalue weighted by Crippen LogP contribution is -2.40.